The molecule has 0 amide bonds. The molecular weight excluding hydrogens is 431 g/mol. The fraction of sp³-hybridized carbons (Fsp3) is 0.706. The standard InChI is InChI=1S/C17H25N6O7P/c1-17(2)29-12-10(7-27-31(24,25)22-3-5-26-6-4-22)28-16(13(12)30-17)23-9-21-11-14(18)19-8-20-15(11)23/h8-10,12-13,16H,3-7H2,1-2H3,(H,24,25)(H2,18,19,20). The van der Waals surface area contributed by atoms with Crippen molar-refractivity contribution < 1.29 is 32.9 Å². The molecule has 5 unspecified atom stereocenters. The average molecular weight is 456 g/mol. The summed E-state index contributed by atoms with van der Waals surface area (Å²) in [6.07, 6.45) is 0.611. The average Bonchev–Trinajstić information content (AvgIpc) is 3.39. The quantitative estimate of drug-likeness (QED) is 0.593. The highest BCUT2D eigenvalue weighted by Gasteiger charge is 2.56. The summed E-state index contributed by atoms with van der Waals surface area (Å²) in [6, 6.07) is 0. The largest absolute Gasteiger partial charge is 0.405 e. The molecule has 2 aromatic rings. The van der Waals surface area contributed by atoms with Gasteiger partial charge in [-0.2, -0.15) is 0 Å². The molecule has 13 nitrogen and oxygen atoms in total. The third-order valence-corrected chi connectivity index (χ3v) is 7.14. The number of ether oxygens (including phenoxy) is 4. The molecule has 170 valence electrons. The number of nitrogens with zero attached hydrogens (tertiary/aromatic N) is 5. The van der Waals surface area contributed by atoms with Crippen LogP contribution >= 0.6 is 7.75 Å². The van der Waals surface area contributed by atoms with E-state index in [1.54, 1.807) is 24.7 Å². The SMILES string of the molecule is CC1(C)OC2C(COP(=O)(O)N3CCOCC3)OC(n3cnc4c(N)ncnc43)C2O1. The lowest BCUT2D eigenvalue weighted by Crippen LogP contribution is -2.36. The van der Waals surface area contributed by atoms with Crippen molar-refractivity contribution in [2.24, 2.45) is 0 Å². The van der Waals surface area contributed by atoms with Crippen LogP contribution in [0.3, 0.4) is 0 Å². The number of anilines is 1. The molecule has 3 fully saturated rings. The van der Waals surface area contributed by atoms with Crippen LogP contribution in [0.2, 0.25) is 0 Å². The van der Waals surface area contributed by atoms with Gasteiger partial charge in [-0.3, -0.25) is 9.09 Å². The van der Waals surface area contributed by atoms with E-state index in [0.717, 1.165) is 0 Å². The zero-order chi connectivity index (χ0) is 21.8. The first-order chi connectivity index (χ1) is 14.8. The molecule has 0 radical (unpaired) electrons. The van der Waals surface area contributed by atoms with Gasteiger partial charge in [0.2, 0.25) is 0 Å². The maximum absolute atomic E-state index is 12.7. The molecular formula is C17H25N6O7P. The fourth-order valence-corrected chi connectivity index (χ4v) is 5.31. The summed E-state index contributed by atoms with van der Waals surface area (Å²) in [7, 11) is -3.99. The van der Waals surface area contributed by atoms with Crippen LogP contribution in [-0.4, -0.2) is 86.1 Å². The Hall–Kier alpha value is -1.70. The molecule has 0 aliphatic carbocycles. The summed E-state index contributed by atoms with van der Waals surface area (Å²) in [5.41, 5.74) is 6.84. The van der Waals surface area contributed by atoms with Crippen molar-refractivity contribution in [2.75, 3.05) is 38.6 Å². The zero-order valence-electron chi connectivity index (χ0n) is 17.2. The molecule has 0 bridgehead atoms. The Balaban J connectivity index is 1.38. The molecule has 5 atom stereocenters. The number of hydrogen-bond acceptors (Lipinski definition) is 10. The van der Waals surface area contributed by atoms with E-state index in [1.165, 1.54) is 11.0 Å². The van der Waals surface area contributed by atoms with Crippen LogP contribution in [0.5, 0.6) is 0 Å². The summed E-state index contributed by atoms with van der Waals surface area (Å²) in [5, 5.41) is 0. The van der Waals surface area contributed by atoms with Gasteiger partial charge in [0, 0.05) is 13.1 Å². The second-order valence-corrected chi connectivity index (χ2v) is 9.87. The maximum atomic E-state index is 12.7. The molecule has 0 saturated carbocycles. The molecule has 5 heterocycles. The number of hydrogen-bond donors (Lipinski definition) is 2. The molecule has 3 N–H and O–H groups in total. The van der Waals surface area contributed by atoms with Crippen LogP contribution in [-0.2, 0) is 28.0 Å². The summed E-state index contributed by atoms with van der Waals surface area (Å²) < 4.78 is 44.8. The minimum absolute atomic E-state index is 0.147. The molecule has 3 aliphatic rings. The monoisotopic (exact) mass is 456 g/mol. The summed E-state index contributed by atoms with van der Waals surface area (Å²) in [5.74, 6) is -0.596. The lowest BCUT2D eigenvalue weighted by molar-refractivity contribution is -0.199. The Bertz CT molecular complexity index is 1010. The third kappa shape index (κ3) is 3.85. The first-order valence-electron chi connectivity index (χ1n) is 10.00. The minimum atomic E-state index is -3.99. The number of nitrogens with two attached hydrogens (primary N) is 1. The van der Waals surface area contributed by atoms with Crippen molar-refractivity contribution in [3.63, 3.8) is 0 Å². The number of rotatable bonds is 5. The van der Waals surface area contributed by atoms with Crippen molar-refractivity contribution in [1.29, 1.82) is 0 Å². The lowest BCUT2D eigenvalue weighted by Gasteiger charge is -2.30. The van der Waals surface area contributed by atoms with E-state index < -0.39 is 38.1 Å². The van der Waals surface area contributed by atoms with Gasteiger partial charge in [0.15, 0.2) is 23.5 Å². The zero-order valence-corrected chi connectivity index (χ0v) is 18.1. The molecule has 5 rings (SSSR count). The highest BCUT2D eigenvalue weighted by Crippen LogP contribution is 2.49. The van der Waals surface area contributed by atoms with E-state index in [0.29, 0.717) is 37.5 Å². The highest BCUT2D eigenvalue weighted by atomic mass is 31.2. The van der Waals surface area contributed by atoms with E-state index in [4.69, 9.17) is 29.2 Å². The second-order valence-electron chi connectivity index (χ2n) is 8.07. The van der Waals surface area contributed by atoms with E-state index >= 15 is 0 Å². The van der Waals surface area contributed by atoms with Gasteiger partial charge in [-0.25, -0.2) is 24.2 Å². The summed E-state index contributed by atoms with van der Waals surface area (Å²) in [4.78, 5) is 22.9. The summed E-state index contributed by atoms with van der Waals surface area (Å²) in [6.45, 7) is 4.86. The Kier molecular flexibility index (Phi) is 5.26. The summed E-state index contributed by atoms with van der Waals surface area (Å²) >= 11 is 0. The van der Waals surface area contributed by atoms with Crippen molar-refractivity contribution >= 4 is 24.7 Å². The predicted molar refractivity (Wildman–Crippen MR) is 106 cm³/mol. The van der Waals surface area contributed by atoms with Crippen LogP contribution < -0.4 is 5.73 Å². The van der Waals surface area contributed by atoms with Gasteiger partial charge in [-0.1, -0.05) is 0 Å². The van der Waals surface area contributed by atoms with Crippen LogP contribution in [0.15, 0.2) is 12.7 Å². The van der Waals surface area contributed by atoms with E-state index in [-0.39, 0.29) is 12.4 Å². The van der Waals surface area contributed by atoms with Gasteiger partial charge in [0.05, 0.1) is 26.1 Å². The minimum Gasteiger partial charge on any atom is -0.382 e. The second kappa shape index (κ2) is 7.71. The third-order valence-electron chi connectivity index (χ3n) is 5.54. The van der Waals surface area contributed by atoms with Gasteiger partial charge in [-0.15, -0.1) is 0 Å². The smallest absolute Gasteiger partial charge is 0.382 e. The van der Waals surface area contributed by atoms with Crippen molar-refractivity contribution in [1.82, 2.24) is 24.2 Å². The van der Waals surface area contributed by atoms with Gasteiger partial charge < -0.3 is 29.6 Å². The number of aromatic nitrogens is 4. The molecule has 14 heteroatoms. The molecule has 2 aromatic heterocycles. The fourth-order valence-electron chi connectivity index (χ4n) is 4.13. The van der Waals surface area contributed by atoms with Crippen molar-refractivity contribution in [2.45, 2.75) is 44.2 Å². The maximum Gasteiger partial charge on any atom is 0.405 e. The van der Waals surface area contributed by atoms with Crippen LogP contribution in [0.1, 0.15) is 20.1 Å². The molecule has 3 saturated heterocycles. The Morgan fingerprint density at radius 1 is 1.26 bits per heavy atom. The number of fused-ring (bicyclic) bond motifs is 2. The van der Waals surface area contributed by atoms with E-state index in [1.807, 2.05) is 0 Å². The van der Waals surface area contributed by atoms with Crippen molar-refractivity contribution in [3.05, 3.63) is 12.7 Å². The van der Waals surface area contributed by atoms with Gasteiger partial charge in [0.25, 0.3) is 0 Å². The normalized spacial score (nSPS) is 32.9. The van der Waals surface area contributed by atoms with Crippen LogP contribution in [0.25, 0.3) is 11.2 Å². The number of imidazole rings is 1. The Morgan fingerprint density at radius 3 is 2.77 bits per heavy atom. The molecule has 0 spiro atoms. The van der Waals surface area contributed by atoms with Gasteiger partial charge in [0.1, 0.15) is 30.2 Å². The Morgan fingerprint density at radius 2 is 2.00 bits per heavy atom. The molecule has 0 aromatic carbocycles. The van der Waals surface area contributed by atoms with Crippen LogP contribution in [0, 0.1) is 0 Å². The van der Waals surface area contributed by atoms with E-state index in [2.05, 4.69) is 15.0 Å². The lowest BCUT2D eigenvalue weighted by atomic mass is 10.1. The molecule has 31 heavy (non-hydrogen) atoms. The first-order valence-corrected chi connectivity index (χ1v) is 11.5. The highest BCUT2D eigenvalue weighted by molar-refractivity contribution is 7.50. The van der Waals surface area contributed by atoms with Gasteiger partial charge >= 0.3 is 7.75 Å². The molecule has 3 aliphatic heterocycles. The number of morpholine rings is 1. The van der Waals surface area contributed by atoms with Crippen molar-refractivity contribution in [3.8, 4) is 0 Å². The first kappa shape index (κ1) is 21.2. The van der Waals surface area contributed by atoms with E-state index in [9.17, 15) is 9.46 Å². The predicted octanol–water partition coefficient (Wildman–Crippen LogP) is 0.275. The topological polar surface area (TPSA) is 156 Å². The van der Waals surface area contributed by atoms with Crippen LogP contribution in [0.4, 0.5) is 5.82 Å². The number of nitrogen functional groups attached to an aromatic ring is 1. The Labute approximate surface area is 178 Å². The van der Waals surface area contributed by atoms with Gasteiger partial charge in [-0.05, 0) is 13.8 Å².